The molecule has 0 aliphatic carbocycles. The maximum atomic E-state index is 11.9. The Balaban J connectivity index is 1.73. The summed E-state index contributed by atoms with van der Waals surface area (Å²) in [5.74, 6) is 0.191. The molecule has 3 rings (SSSR count). The number of piperidine rings is 2. The summed E-state index contributed by atoms with van der Waals surface area (Å²) in [5.41, 5.74) is 0.188. The Bertz CT molecular complexity index is 465. The number of hydrogen-bond acceptors (Lipinski definition) is 5. The molecule has 6 heteroatoms. The van der Waals surface area contributed by atoms with Gasteiger partial charge in [0, 0.05) is 49.6 Å². The van der Waals surface area contributed by atoms with Crippen LogP contribution in [0, 0.1) is 5.41 Å². The number of nitrogens with zero attached hydrogens (tertiary/aromatic N) is 3. The molecular formula is C14H21N3O2S. The third-order valence-electron chi connectivity index (χ3n) is 4.47. The van der Waals surface area contributed by atoms with Gasteiger partial charge in [-0.25, -0.2) is 4.98 Å². The van der Waals surface area contributed by atoms with Crippen LogP contribution in [0.5, 0.6) is 0 Å². The van der Waals surface area contributed by atoms with E-state index in [1.165, 1.54) is 6.42 Å². The SMILES string of the molecule is O=C1CC[C@@]2(CCCN(c3nccs3)C2)CN1CCO. The third-order valence-corrected chi connectivity index (χ3v) is 5.30. The lowest BCUT2D eigenvalue weighted by Crippen LogP contribution is -2.54. The van der Waals surface area contributed by atoms with Crippen molar-refractivity contribution in [2.24, 2.45) is 5.41 Å². The molecule has 1 aromatic heterocycles. The van der Waals surface area contributed by atoms with Gasteiger partial charge in [0.2, 0.25) is 5.91 Å². The van der Waals surface area contributed by atoms with Gasteiger partial charge in [-0.2, -0.15) is 0 Å². The van der Waals surface area contributed by atoms with Crippen molar-refractivity contribution in [2.75, 3.05) is 37.7 Å². The van der Waals surface area contributed by atoms with Crippen LogP contribution in [-0.4, -0.2) is 53.7 Å². The summed E-state index contributed by atoms with van der Waals surface area (Å²) in [4.78, 5) is 20.5. The number of aliphatic hydroxyl groups excluding tert-OH is 1. The summed E-state index contributed by atoms with van der Waals surface area (Å²) in [6, 6.07) is 0. The zero-order valence-electron chi connectivity index (χ0n) is 11.6. The molecule has 0 unspecified atom stereocenters. The third kappa shape index (κ3) is 2.67. The van der Waals surface area contributed by atoms with E-state index in [1.807, 2.05) is 16.5 Å². The van der Waals surface area contributed by atoms with E-state index in [0.717, 1.165) is 37.6 Å². The molecule has 0 saturated carbocycles. The van der Waals surface area contributed by atoms with E-state index in [4.69, 9.17) is 5.11 Å². The number of carbonyl (C=O) groups excluding carboxylic acids is 1. The molecule has 20 heavy (non-hydrogen) atoms. The van der Waals surface area contributed by atoms with Gasteiger partial charge >= 0.3 is 0 Å². The van der Waals surface area contributed by atoms with Crippen LogP contribution in [0.15, 0.2) is 11.6 Å². The minimum absolute atomic E-state index is 0.0536. The molecule has 2 aliphatic rings. The molecular weight excluding hydrogens is 274 g/mol. The van der Waals surface area contributed by atoms with Gasteiger partial charge in [0.1, 0.15) is 0 Å². The van der Waals surface area contributed by atoms with E-state index in [1.54, 1.807) is 11.3 Å². The van der Waals surface area contributed by atoms with E-state index in [2.05, 4.69) is 9.88 Å². The van der Waals surface area contributed by atoms with Crippen molar-refractivity contribution in [1.82, 2.24) is 9.88 Å². The molecule has 1 aromatic rings. The Hall–Kier alpha value is -1.14. The van der Waals surface area contributed by atoms with Crippen molar-refractivity contribution in [1.29, 1.82) is 0 Å². The molecule has 110 valence electrons. The first kappa shape index (κ1) is 13.8. The molecule has 2 fully saturated rings. The summed E-state index contributed by atoms with van der Waals surface area (Å²) in [5, 5.41) is 12.2. The maximum absolute atomic E-state index is 11.9. The number of hydrogen-bond donors (Lipinski definition) is 1. The quantitative estimate of drug-likeness (QED) is 0.914. The molecule has 5 nitrogen and oxygen atoms in total. The average Bonchev–Trinajstić information content (AvgIpc) is 2.98. The first-order chi connectivity index (χ1) is 9.72. The van der Waals surface area contributed by atoms with Gasteiger partial charge in [0.05, 0.1) is 6.61 Å². The van der Waals surface area contributed by atoms with Crippen LogP contribution >= 0.6 is 11.3 Å². The average molecular weight is 295 g/mol. The summed E-state index contributed by atoms with van der Waals surface area (Å²) in [7, 11) is 0. The fraction of sp³-hybridized carbons (Fsp3) is 0.714. The van der Waals surface area contributed by atoms with Crippen LogP contribution in [0.25, 0.3) is 0 Å². The lowest BCUT2D eigenvalue weighted by molar-refractivity contribution is -0.138. The molecule has 1 N–H and O–H groups in total. The fourth-order valence-corrected chi connectivity index (χ4v) is 4.17. The van der Waals surface area contributed by atoms with Crippen molar-refractivity contribution in [3.05, 3.63) is 11.6 Å². The summed E-state index contributed by atoms with van der Waals surface area (Å²) in [6.45, 7) is 3.35. The van der Waals surface area contributed by atoms with Crippen LogP contribution < -0.4 is 4.90 Å². The van der Waals surface area contributed by atoms with Crippen molar-refractivity contribution < 1.29 is 9.90 Å². The Morgan fingerprint density at radius 2 is 2.30 bits per heavy atom. The predicted molar refractivity (Wildman–Crippen MR) is 78.9 cm³/mol. The highest BCUT2D eigenvalue weighted by Gasteiger charge is 2.41. The largest absolute Gasteiger partial charge is 0.395 e. The predicted octanol–water partition coefficient (Wildman–Crippen LogP) is 1.34. The number of β-amino-alcohol motifs (C(OH)–C–C–N with tert-alkyl or cyclic N) is 1. The van der Waals surface area contributed by atoms with Gasteiger partial charge in [0.25, 0.3) is 0 Å². The van der Waals surface area contributed by atoms with Gasteiger partial charge in [-0.1, -0.05) is 0 Å². The van der Waals surface area contributed by atoms with Crippen LogP contribution in [0.1, 0.15) is 25.7 Å². The number of aliphatic hydroxyl groups is 1. The van der Waals surface area contributed by atoms with Gasteiger partial charge in [-0.15, -0.1) is 11.3 Å². The summed E-state index contributed by atoms with van der Waals surface area (Å²) in [6.07, 6.45) is 5.76. The van der Waals surface area contributed by atoms with Crippen molar-refractivity contribution in [3.63, 3.8) is 0 Å². The second kappa shape index (κ2) is 5.69. The van der Waals surface area contributed by atoms with Crippen molar-refractivity contribution >= 4 is 22.4 Å². The Labute approximate surface area is 123 Å². The molecule has 1 amide bonds. The van der Waals surface area contributed by atoms with Crippen molar-refractivity contribution in [3.8, 4) is 0 Å². The Kier molecular flexibility index (Phi) is 3.94. The number of rotatable bonds is 3. The molecule has 1 atom stereocenters. The zero-order chi connectivity index (χ0) is 14.0. The van der Waals surface area contributed by atoms with Crippen LogP contribution in [-0.2, 0) is 4.79 Å². The second-order valence-electron chi connectivity index (χ2n) is 5.88. The zero-order valence-corrected chi connectivity index (χ0v) is 12.4. The lowest BCUT2D eigenvalue weighted by Gasteiger charge is -2.48. The van der Waals surface area contributed by atoms with Crippen molar-refractivity contribution in [2.45, 2.75) is 25.7 Å². The maximum Gasteiger partial charge on any atom is 0.222 e. The van der Waals surface area contributed by atoms with E-state index in [9.17, 15) is 4.79 Å². The first-order valence-corrected chi connectivity index (χ1v) is 8.13. The van der Waals surface area contributed by atoms with Gasteiger partial charge < -0.3 is 14.9 Å². The number of thiazole rings is 1. The number of amides is 1. The van der Waals surface area contributed by atoms with Crippen LogP contribution in [0.4, 0.5) is 5.13 Å². The summed E-state index contributed by atoms with van der Waals surface area (Å²) >= 11 is 1.68. The minimum atomic E-state index is 0.0536. The number of aromatic nitrogens is 1. The van der Waals surface area contributed by atoms with Gasteiger partial charge in [0.15, 0.2) is 5.13 Å². The smallest absolute Gasteiger partial charge is 0.222 e. The van der Waals surface area contributed by atoms with E-state index in [-0.39, 0.29) is 17.9 Å². The van der Waals surface area contributed by atoms with Crippen LogP contribution in [0.2, 0.25) is 0 Å². The lowest BCUT2D eigenvalue weighted by atomic mass is 9.73. The highest BCUT2D eigenvalue weighted by molar-refractivity contribution is 7.13. The fourth-order valence-electron chi connectivity index (χ4n) is 3.50. The molecule has 3 heterocycles. The number of carbonyl (C=O) groups is 1. The second-order valence-corrected chi connectivity index (χ2v) is 6.75. The normalized spacial score (nSPS) is 27.4. The molecule has 0 radical (unpaired) electrons. The summed E-state index contributed by atoms with van der Waals surface area (Å²) < 4.78 is 0. The Morgan fingerprint density at radius 1 is 1.40 bits per heavy atom. The molecule has 2 saturated heterocycles. The van der Waals surface area contributed by atoms with Crippen LogP contribution in [0.3, 0.4) is 0 Å². The molecule has 0 aromatic carbocycles. The Morgan fingerprint density at radius 3 is 3.05 bits per heavy atom. The standard InChI is InChI=1S/C14H21N3O2S/c18-8-7-16-10-14(4-2-12(16)19)3-1-6-17(11-14)13-15-5-9-20-13/h5,9,18H,1-4,6-8,10-11H2/t14-/m0/s1. The first-order valence-electron chi connectivity index (χ1n) is 7.26. The minimum Gasteiger partial charge on any atom is -0.395 e. The van der Waals surface area contributed by atoms with E-state index >= 15 is 0 Å². The van der Waals surface area contributed by atoms with Gasteiger partial charge in [-0.3, -0.25) is 4.79 Å². The van der Waals surface area contributed by atoms with E-state index < -0.39 is 0 Å². The molecule has 1 spiro atoms. The molecule has 0 bridgehead atoms. The van der Waals surface area contributed by atoms with E-state index in [0.29, 0.717) is 13.0 Å². The highest BCUT2D eigenvalue weighted by Crippen LogP contribution is 2.40. The number of likely N-dealkylation sites (tertiary alicyclic amines) is 1. The highest BCUT2D eigenvalue weighted by atomic mass is 32.1. The monoisotopic (exact) mass is 295 g/mol. The molecule has 2 aliphatic heterocycles. The number of anilines is 1. The topological polar surface area (TPSA) is 56.7 Å². The van der Waals surface area contributed by atoms with Gasteiger partial charge in [-0.05, 0) is 19.3 Å².